The Morgan fingerprint density at radius 3 is 1.62 bits per heavy atom. The number of rotatable bonds is 2. The number of amides is 2. The molecule has 0 spiro atoms. The number of carbonyl (C=O) groups excluding carboxylic acids is 2. The van der Waals surface area contributed by atoms with E-state index in [2.05, 4.69) is 0 Å². The van der Waals surface area contributed by atoms with Crippen LogP contribution in [0.15, 0.2) is 0 Å². The van der Waals surface area contributed by atoms with Crippen LogP contribution in [0, 0.1) is 10.8 Å². The van der Waals surface area contributed by atoms with Gasteiger partial charge in [0, 0.05) is 0 Å². The smallest absolute Gasteiger partial charge is 0.240 e. The highest BCUT2D eigenvalue weighted by molar-refractivity contribution is 5.98. The normalized spacial score (nSPS) is 36.6. The second-order valence-electron chi connectivity index (χ2n) is 3.79. The minimum Gasteiger partial charge on any atom is -0.294 e. The number of hydrogen-bond acceptors (Lipinski definition) is 4. The molecule has 0 aromatic heterocycles. The molecule has 0 heterocycles. The molecule has 1 aliphatic rings. The first-order chi connectivity index (χ1) is 5.92. The van der Waals surface area contributed by atoms with Gasteiger partial charge in [-0.2, -0.15) is 0 Å². The van der Waals surface area contributed by atoms with Gasteiger partial charge >= 0.3 is 0 Å². The topological polar surface area (TPSA) is 110 Å². The minimum atomic E-state index is -0.731. The van der Waals surface area contributed by atoms with Crippen LogP contribution in [0.3, 0.4) is 0 Å². The summed E-state index contributed by atoms with van der Waals surface area (Å²) in [5.41, 5.74) is 2.62. The molecule has 1 saturated carbocycles. The van der Waals surface area contributed by atoms with Crippen molar-refractivity contribution in [1.29, 1.82) is 0 Å². The second kappa shape index (κ2) is 2.68. The molecule has 2 amide bonds. The van der Waals surface area contributed by atoms with E-state index in [4.69, 9.17) is 11.7 Å². The maximum Gasteiger partial charge on any atom is 0.240 e. The third kappa shape index (κ3) is 1.10. The Morgan fingerprint density at radius 1 is 1.08 bits per heavy atom. The second-order valence-corrected chi connectivity index (χ2v) is 3.79. The zero-order chi connectivity index (χ0) is 10.3. The van der Waals surface area contributed by atoms with Crippen LogP contribution in [0.4, 0.5) is 0 Å². The third-order valence-corrected chi connectivity index (χ3v) is 3.06. The van der Waals surface area contributed by atoms with Gasteiger partial charge in [-0.25, -0.2) is 11.7 Å². The van der Waals surface area contributed by atoms with E-state index >= 15 is 0 Å². The van der Waals surface area contributed by atoms with Gasteiger partial charge in [0.05, 0.1) is 10.8 Å². The SMILES string of the molecule is C[C@@]1(C(=O)NN)C[C@]1(C)C(=O)NN. The Kier molecular flexibility index (Phi) is 2.05. The van der Waals surface area contributed by atoms with Gasteiger partial charge in [-0.05, 0) is 20.3 Å². The average molecular weight is 186 g/mol. The maximum absolute atomic E-state index is 11.3. The van der Waals surface area contributed by atoms with Gasteiger partial charge in [0.1, 0.15) is 0 Å². The van der Waals surface area contributed by atoms with E-state index < -0.39 is 10.8 Å². The van der Waals surface area contributed by atoms with E-state index in [9.17, 15) is 9.59 Å². The number of carbonyl (C=O) groups is 2. The van der Waals surface area contributed by atoms with Crippen molar-refractivity contribution < 1.29 is 9.59 Å². The summed E-state index contributed by atoms with van der Waals surface area (Å²) in [5.74, 6) is 9.33. The predicted molar refractivity (Wildman–Crippen MR) is 45.5 cm³/mol. The highest BCUT2D eigenvalue weighted by atomic mass is 16.2. The summed E-state index contributed by atoms with van der Waals surface area (Å²) in [4.78, 5) is 22.5. The van der Waals surface area contributed by atoms with Crippen LogP contribution in [0.5, 0.6) is 0 Å². The summed E-state index contributed by atoms with van der Waals surface area (Å²) in [6, 6.07) is 0. The highest BCUT2D eigenvalue weighted by Crippen LogP contribution is 2.63. The van der Waals surface area contributed by atoms with E-state index in [-0.39, 0.29) is 11.8 Å². The van der Waals surface area contributed by atoms with Gasteiger partial charge in [0.15, 0.2) is 0 Å². The fraction of sp³-hybridized carbons (Fsp3) is 0.714. The van der Waals surface area contributed by atoms with Crippen molar-refractivity contribution in [3.05, 3.63) is 0 Å². The lowest BCUT2D eigenvalue weighted by atomic mass is 9.95. The monoisotopic (exact) mass is 186 g/mol. The molecule has 0 radical (unpaired) electrons. The van der Waals surface area contributed by atoms with Crippen molar-refractivity contribution in [2.75, 3.05) is 0 Å². The van der Waals surface area contributed by atoms with E-state index in [1.165, 1.54) is 0 Å². The summed E-state index contributed by atoms with van der Waals surface area (Å²) >= 11 is 0. The minimum absolute atomic E-state index is 0.335. The van der Waals surface area contributed by atoms with Crippen molar-refractivity contribution in [2.24, 2.45) is 22.5 Å². The summed E-state index contributed by atoms with van der Waals surface area (Å²) in [6.07, 6.45) is 0.464. The first kappa shape index (κ1) is 9.94. The molecule has 0 aromatic carbocycles. The molecule has 6 nitrogen and oxygen atoms in total. The molecular weight excluding hydrogens is 172 g/mol. The summed E-state index contributed by atoms with van der Waals surface area (Å²) in [7, 11) is 0. The van der Waals surface area contributed by atoms with E-state index in [1.54, 1.807) is 13.8 Å². The van der Waals surface area contributed by atoms with Crippen LogP contribution >= 0.6 is 0 Å². The molecule has 0 aromatic rings. The summed E-state index contributed by atoms with van der Waals surface area (Å²) < 4.78 is 0. The third-order valence-electron chi connectivity index (χ3n) is 3.06. The maximum atomic E-state index is 11.3. The van der Waals surface area contributed by atoms with Gasteiger partial charge in [-0.15, -0.1) is 0 Å². The Morgan fingerprint density at radius 2 is 1.38 bits per heavy atom. The first-order valence-corrected chi connectivity index (χ1v) is 3.94. The molecule has 6 N–H and O–H groups in total. The van der Waals surface area contributed by atoms with Gasteiger partial charge in [-0.3, -0.25) is 20.4 Å². The summed E-state index contributed by atoms with van der Waals surface area (Å²) in [6.45, 7) is 3.37. The van der Waals surface area contributed by atoms with E-state index in [0.29, 0.717) is 6.42 Å². The number of hydrogen-bond donors (Lipinski definition) is 4. The van der Waals surface area contributed by atoms with Crippen LogP contribution in [0.2, 0.25) is 0 Å². The molecule has 1 rings (SSSR count). The predicted octanol–water partition coefficient (Wildman–Crippen LogP) is -1.62. The number of hydrazine groups is 2. The van der Waals surface area contributed by atoms with E-state index in [1.807, 2.05) is 10.9 Å². The molecule has 13 heavy (non-hydrogen) atoms. The number of nitrogens with one attached hydrogen (secondary N) is 2. The summed E-state index contributed by atoms with van der Waals surface area (Å²) in [5, 5.41) is 0. The molecule has 1 aliphatic carbocycles. The molecule has 0 aliphatic heterocycles. The number of nitrogens with two attached hydrogens (primary N) is 2. The molecule has 6 heteroatoms. The lowest BCUT2D eigenvalue weighted by Gasteiger charge is -2.15. The average Bonchev–Trinajstić information content (AvgIpc) is 2.69. The largest absolute Gasteiger partial charge is 0.294 e. The van der Waals surface area contributed by atoms with Crippen molar-refractivity contribution in [2.45, 2.75) is 20.3 Å². The van der Waals surface area contributed by atoms with Crippen LogP contribution in [0.25, 0.3) is 0 Å². The highest BCUT2D eigenvalue weighted by Gasteiger charge is 2.69. The van der Waals surface area contributed by atoms with Crippen LogP contribution < -0.4 is 22.5 Å². The molecule has 1 fully saturated rings. The fourth-order valence-electron chi connectivity index (χ4n) is 1.64. The van der Waals surface area contributed by atoms with Crippen LogP contribution in [-0.2, 0) is 9.59 Å². The van der Waals surface area contributed by atoms with Crippen molar-refractivity contribution in [3.63, 3.8) is 0 Å². The Labute approximate surface area is 76.0 Å². The molecule has 0 saturated heterocycles. The quantitative estimate of drug-likeness (QED) is 0.236. The lowest BCUT2D eigenvalue weighted by molar-refractivity contribution is -0.133. The Bertz CT molecular complexity index is 241. The zero-order valence-electron chi connectivity index (χ0n) is 7.68. The van der Waals surface area contributed by atoms with Crippen molar-refractivity contribution >= 4 is 11.8 Å². The standard InChI is InChI=1S/C7H14N4O2/c1-6(4(12)10-8)3-7(6,2)5(13)11-9/h3,8-9H2,1-2H3,(H,10,12)(H,11,13)/t6-,7+. The molecular formula is C7H14N4O2. The lowest BCUT2D eigenvalue weighted by Crippen LogP contribution is -2.43. The molecule has 2 atom stereocenters. The van der Waals surface area contributed by atoms with Gasteiger partial charge in [-0.1, -0.05) is 0 Å². The zero-order valence-corrected chi connectivity index (χ0v) is 7.68. The Balaban J connectivity index is 2.81. The van der Waals surface area contributed by atoms with Gasteiger partial charge < -0.3 is 0 Å². The first-order valence-electron chi connectivity index (χ1n) is 3.94. The van der Waals surface area contributed by atoms with E-state index in [0.717, 1.165) is 0 Å². The van der Waals surface area contributed by atoms with Crippen LogP contribution in [0.1, 0.15) is 20.3 Å². The Hall–Kier alpha value is -1.14. The molecule has 0 bridgehead atoms. The van der Waals surface area contributed by atoms with Crippen molar-refractivity contribution in [1.82, 2.24) is 10.9 Å². The fourth-order valence-corrected chi connectivity index (χ4v) is 1.64. The van der Waals surface area contributed by atoms with Crippen LogP contribution in [-0.4, -0.2) is 11.8 Å². The van der Waals surface area contributed by atoms with Gasteiger partial charge in [0.25, 0.3) is 0 Å². The molecule has 74 valence electrons. The molecule has 0 unspecified atom stereocenters. The van der Waals surface area contributed by atoms with Crippen molar-refractivity contribution in [3.8, 4) is 0 Å². The van der Waals surface area contributed by atoms with Gasteiger partial charge in [0.2, 0.25) is 11.8 Å².